The quantitative estimate of drug-likeness (QED) is 0.379. The van der Waals surface area contributed by atoms with Crippen LogP contribution in [-0.4, -0.2) is 0 Å². The van der Waals surface area contributed by atoms with E-state index in [1.807, 2.05) is 0 Å². The van der Waals surface area contributed by atoms with Crippen LogP contribution < -0.4 is 5.90 Å². The van der Waals surface area contributed by atoms with Crippen LogP contribution in [0, 0.1) is 0 Å². The van der Waals surface area contributed by atoms with Crippen molar-refractivity contribution >= 4 is 12.4 Å². The first-order chi connectivity index (χ1) is 1.91. The topological polar surface area (TPSA) is 35.2 Å². The van der Waals surface area contributed by atoms with E-state index in [-0.39, 0.29) is 12.4 Å². The normalized spacial score (nSPS) is 4.20. The van der Waals surface area contributed by atoms with Gasteiger partial charge in [0.15, 0.2) is 0 Å². The molecule has 0 spiro atoms. The van der Waals surface area contributed by atoms with Crippen LogP contribution in [0.3, 0.4) is 0 Å². The van der Waals surface area contributed by atoms with E-state index in [4.69, 9.17) is 0 Å². The molecule has 0 radical (unpaired) electrons. The summed E-state index contributed by atoms with van der Waals surface area (Å²) in [5.74, 6) is 4.41. The van der Waals surface area contributed by atoms with Crippen molar-refractivity contribution in [2.75, 3.05) is 0 Å². The first kappa shape index (κ1) is 8.84. The smallest absolute Gasteiger partial charge is 0.103 e. The molecule has 0 aromatic heterocycles. The van der Waals surface area contributed by atoms with Gasteiger partial charge in [-0.25, -0.2) is 0 Å². The summed E-state index contributed by atoms with van der Waals surface area (Å²) in [6.07, 6.45) is 1.15. The van der Waals surface area contributed by atoms with E-state index < -0.39 is 0 Å². The van der Waals surface area contributed by atoms with Crippen molar-refractivity contribution in [2.24, 2.45) is 5.90 Å². The summed E-state index contributed by atoms with van der Waals surface area (Å²) in [5, 5.41) is 0. The van der Waals surface area contributed by atoms with Gasteiger partial charge < -0.3 is 4.84 Å². The molecule has 0 unspecified atom stereocenters. The Hall–Kier alpha value is -0.210. The highest BCUT2D eigenvalue weighted by Crippen LogP contribution is 1.45. The second-order valence-corrected chi connectivity index (χ2v) is 0.303. The molecule has 0 fully saturated rings. The molecule has 0 saturated carbocycles. The fourth-order valence-electron chi connectivity index (χ4n) is 0. The zero-order chi connectivity index (χ0) is 3.41. The molecule has 0 rings (SSSR count). The van der Waals surface area contributed by atoms with Gasteiger partial charge in [0, 0.05) is 0 Å². The Morgan fingerprint density at radius 3 is 2.00 bits per heavy atom. The Labute approximate surface area is 37.0 Å². The molecule has 0 aliphatic rings. The number of hydrogen-bond donors (Lipinski definition) is 1. The summed E-state index contributed by atoms with van der Waals surface area (Å²) in [6.45, 7) is 3.13. The second kappa shape index (κ2) is 9.21. The van der Waals surface area contributed by atoms with Crippen LogP contribution in [0.2, 0.25) is 0 Å². The van der Waals surface area contributed by atoms with E-state index in [1.54, 1.807) is 0 Å². The first-order valence-electron chi connectivity index (χ1n) is 0.880. The standard InChI is InChI=1S/C2H5NO.ClH/c1-2-4-3;/h2H,1,3H2;1H. The molecule has 0 amide bonds. The summed E-state index contributed by atoms with van der Waals surface area (Å²) in [7, 11) is 0. The SMILES string of the molecule is C=CON.Cl. The minimum absolute atomic E-state index is 0. The van der Waals surface area contributed by atoms with Gasteiger partial charge in [-0.3, -0.25) is 0 Å². The Morgan fingerprint density at radius 1 is 1.80 bits per heavy atom. The van der Waals surface area contributed by atoms with E-state index in [2.05, 4.69) is 17.3 Å². The lowest BCUT2D eigenvalue weighted by Gasteiger charge is -1.72. The minimum atomic E-state index is 0. The summed E-state index contributed by atoms with van der Waals surface area (Å²) >= 11 is 0. The molecular weight excluding hydrogens is 89.5 g/mol. The maximum atomic E-state index is 4.41. The summed E-state index contributed by atoms with van der Waals surface area (Å²) in [6, 6.07) is 0. The van der Waals surface area contributed by atoms with Crippen LogP contribution in [-0.2, 0) is 4.84 Å². The largest absolute Gasteiger partial charge is 0.420 e. The van der Waals surface area contributed by atoms with Crippen molar-refractivity contribution in [1.29, 1.82) is 0 Å². The van der Waals surface area contributed by atoms with Crippen molar-refractivity contribution < 1.29 is 4.84 Å². The number of halogens is 1. The Kier molecular flexibility index (Phi) is 16.3. The highest BCUT2D eigenvalue weighted by atomic mass is 35.5. The van der Waals surface area contributed by atoms with Gasteiger partial charge in [-0.15, -0.1) is 12.4 Å². The first-order valence-corrected chi connectivity index (χ1v) is 0.880. The van der Waals surface area contributed by atoms with E-state index in [9.17, 15) is 0 Å². The third-order valence-corrected chi connectivity index (χ3v) is 0.0962. The van der Waals surface area contributed by atoms with Gasteiger partial charge in [0.05, 0.1) is 0 Å². The summed E-state index contributed by atoms with van der Waals surface area (Å²) < 4.78 is 0. The molecule has 2 nitrogen and oxygen atoms in total. The average molecular weight is 95.5 g/mol. The van der Waals surface area contributed by atoms with E-state index in [1.165, 1.54) is 0 Å². The molecular formula is C2H6ClNO. The van der Waals surface area contributed by atoms with Gasteiger partial charge in [-0.1, -0.05) is 6.58 Å². The molecule has 5 heavy (non-hydrogen) atoms. The summed E-state index contributed by atoms with van der Waals surface area (Å²) in [5.41, 5.74) is 0. The molecule has 0 aromatic carbocycles. The summed E-state index contributed by atoms with van der Waals surface area (Å²) in [4.78, 5) is 3.81. The zero-order valence-corrected chi connectivity index (χ0v) is 3.49. The molecule has 3 heteroatoms. The number of nitrogens with two attached hydrogens (primary N) is 1. The van der Waals surface area contributed by atoms with Gasteiger partial charge in [0.1, 0.15) is 6.26 Å². The Morgan fingerprint density at radius 2 is 2.00 bits per heavy atom. The molecule has 0 aliphatic heterocycles. The van der Waals surface area contributed by atoms with E-state index >= 15 is 0 Å². The number of rotatable bonds is 1. The average Bonchev–Trinajstić information content (AvgIpc) is 1.37. The van der Waals surface area contributed by atoms with Gasteiger partial charge >= 0.3 is 0 Å². The highest BCUT2D eigenvalue weighted by Gasteiger charge is 1.35. The van der Waals surface area contributed by atoms with Crippen LogP contribution in [0.15, 0.2) is 12.8 Å². The molecule has 0 atom stereocenters. The third-order valence-electron chi connectivity index (χ3n) is 0.0962. The Balaban J connectivity index is 0. The molecule has 0 aliphatic carbocycles. The van der Waals surface area contributed by atoms with Crippen LogP contribution >= 0.6 is 12.4 Å². The lowest BCUT2D eigenvalue weighted by molar-refractivity contribution is 0.262. The molecule has 0 saturated heterocycles. The molecule has 0 bridgehead atoms. The predicted octanol–water partition coefficient (Wildman–Crippen LogP) is 0.442. The molecule has 2 N–H and O–H groups in total. The van der Waals surface area contributed by atoms with Crippen molar-refractivity contribution in [3.05, 3.63) is 12.8 Å². The monoisotopic (exact) mass is 95.0 g/mol. The van der Waals surface area contributed by atoms with Crippen molar-refractivity contribution in [3.63, 3.8) is 0 Å². The van der Waals surface area contributed by atoms with Gasteiger partial charge in [0.2, 0.25) is 0 Å². The number of hydrogen-bond acceptors (Lipinski definition) is 2. The van der Waals surface area contributed by atoms with Crippen molar-refractivity contribution in [2.45, 2.75) is 0 Å². The zero-order valence-electron chi connectivity index (χ0n) is 2.68. The van der Waals surface area contributed by atoms with Crippen LogP contribution in [0.1, 0.15) is 0 Å². The van der Waals surface area contributed by atoms with Crippen LogP contribution in [0.4, 0.5) is 0 Å². The third kappa shape index (κ3) is 19.5. The predicted molar refractivity (Wildman–Crippen MR) is 22.7 cm³/mol. The second-order valence-electron chi connectivity index (χ2n) is 0.303. The van der Waals surface area contributed by atoms with Crippen molar-refractivity contribution in [1.82, 2.24) is 0 Å². The van der Waals surface area contributed by atoms with Crippen LogP contribution in [0.5, 0.6) is 0 Å². The molecule has 32 valence electrons. The minimum Gasteiger partial charge on any atom is -0.420 e. The van der Waals surface area contributed by atoms with Crippen LogP contribution in [0.25, 0.3) is 0 Å². The van der Waals surface area contributed by atoms with Gasteiger partial charge in [-0.2, -0.15) is 5.90 Å². The van der Waals surface area contributed by atoms with Crippen molar-refractivity contribution in [3.8, 4) is 0 Å². The van der Waals surface area contributed by atoms with E-state index in [0.717, 1.165) is 6.26 Å². The molecule has 0 heterocycles. The fourth-order valence-corrected chi connectivity index (χ4v) is 0. The fraction of sp³-hybridized carbons (Fsp3) is 0. The van der Waals surface area contributed by atoms with Gasteiger partial charge in [0.25, 0.3) is 0 Å². The maximum Gasteiger partial charge on any atom is 0.103 e. The van der Waals surface area contributed by atoms with E-state index in [0.29, 0.717) is 0 Å². The van der Waals surface area contributed by atoms with Gasteiger partial charge in [-0.05, 0) is 0 Å². The molecule has 0 aromatic rings. The lowest BCUT2D eigenvalue weighted by atomic mass is 11.2. The lowest BCUT2D eigenvalue weighted by Crippen LogP contribution is -1.85. The highest BCUT2D eigenvalue weighted by molar-refractivity contribution is 5.85. The Bertz CT molecular complexity index is 23.6. The maximum absolute atomic E-state index is 4.41.